The summed E-state index contributed by atoms with van der Waals surface area (Å²) in [6.07, 6.45) is 1.40. The number of carboxylic acids is 1. The van der Waals surface area contributed by atoms with Crippen molar-refractivity contribution in [2.75, 3.05) is 6.54 Å². The number of aliphatic carboxylic acids is 1. The maximum atomic E-state index is 13.6. The third-order valence-electron chi connectivity index (χ3n) is 3.74. The van der Waals surface area contributed by atoms with Gasteiger partial charge >= 0.3 is 5.97 Å². The molecule has 1 fully saturated rings. The highest BCUT2D eigenvalue weighted by molar-refractivity contribution is 5.70. The van der Waals surface area contributed by atoms with E-state index in [4.69, 9.17) is 5.11 Å². The molecule has 2 unspecified atom stereocenters. The van der Waals surface area contributed by atoms with E-state index in [1.807, 2.05) is 11.8 Å². The second kappa shape index (κ2) is 5.65. The summed E-state index contributed by atoms with van der Waals surface area (Å²) in [6.45, 7) is 2.61. The lowest BCUT2D eigenvalue weighted by atomic mass is 9.93. The number of hydrogen-bond acceptors (Lipinski definition) is 2. The van der Waals surface area contributed by atoms with Gasteiger partial charge in [0.25, 0.3) is 0 Å². The first-order chi connectivity index (χ1) is 8.97. The van der Waals surface area contributed by atoms with Gasteiger partial charge < -0.3 is 5.11 Å². The van der Waals surface area contributed by atoms with E-state index in [9.17, 15) is 13.6 Å². The van der Waals surface area contributed by atoms with Crippen molar-refractivity contribution in [2.45, 2.75) is 32.4 Å². The molecule has 3 nitrogen and oxygen atoms in total. The molecule has 1 aromatic rings. The number of likely N-dealkylation sites (tertiary alicyclic amines) is 1. The van der Waals surface area contributed by atoms with Crippen molar-refractivity contribution in [2.24, 2.45) is 5.92 Å². The molecule has 0 aromatic heterocycles. The van der Waals surface area contributed by atoms with Crippen LogP contribution in [0.15, 0.2) is 18.2 Å². The molecule has 1 aliphatic heterocycles. The number of benzene rings is 1. The first-order valence-electron chi connectivity index (χ1n) is 6.38. The molecule has 1 saturated heterocycles. The minimum Gasteiger partial charge on any atom is -0.481 e. The summed E-state index contributed by atoms with van der Waals surface area (Å²) < 4.78 is 26.7. The average molecular weight is 269 g/mol. The fourth-order valence-electron chi connectivity index (χ4n) is 2.48. The Morgan fingerprint density at radius 1 is 1.42 bits per heavy atom. The van der Waals surface area contributed by atoms with Crippen LogP contribution in [-0.2, 0) is 11.3 Å². The van der Waals surface area contributed by atoms with E-state index in [0.717, 1.165) is 18.6 Å². The summed E-state index contributed by atoms with van der Waals surface area (Å²) in [7, 11) is 0. The highest BCUT2D eigenvalue weighted by atomic mass is 19.1. The summed E-state index contributed by atoms with van der Waals surface area (Å²) in [4.78, 5) is 12.9. The van der Waals surface area contributed by atoms with Gasteiger partial charge in [-0.2, -0.15) is 0 Å². The fraction of sp³-hybridized carbons (Fsp3) is 0.500. The lowest BCUT2D eigenvalue weighted by molar-refractivity contribution is -0.144. The van der Waals surface area contributed by atoms with E-state index in [1.54, 1.807) is 0 Å². The Morgan fingerprint density at radius 3 is 2.84 bits per heavy atom. The van der Waals surface area contributed by atoms with Crippen LogP contribution < -0.4 is 0 Å². The quantitative estimate of drug-likeness (QED) is 0.917. The number of halogens is 2. The van der Waals surface area contributed by atoms with Crippen LogP contribution in [-0.4, -0.2) is 28.6 Å². The largest absolute Gasteiger partial charge is 0.481 e. The Bertz CT molecular complexity index is 479. The summed E-state index contributed by atoms with van der Waals surface area (Å²) in [5, 5.41) is 9.05. The smallest absolute Gasteiger partial charge is 0.307 e. The van der Waals surface area contributed by atoms with Crippen molar-refractivity contribution in [1.29, 1.82) is 0 Å². The molecule has 0 aliphatic carbocycles. The topological polar surface area (TPSA) is 40.5 Å². The summed E-state index contributed by atoms with van der Waals surface area (Å²) in [5.74, 6) is -2.17. The average Bonchev–Trinajstić information content (AvgIpc) is 2.36. The van der Waals surface area contributed by atoms with Crippen molar-refractivity contribution in [3.8, 4) is 0 Å². The molecule has 2 atom stereocenters. The van der Waals surface area contributed by atoms with Crippen molar-refractivity contribution < 1.29 is 18.7 Å². The Kier molecular flexibility index (Phi) is 4.14. The van der Waals surface area contributed by atoms with Crippen LogP contribution >= 0.6 is 0 Å². The number of rotatable bonds is 3. The monoisotopic (exact) mass is 269 g/mol. The molecule has 0 bridgehead atoms. The normalized spacial score (nSPS) is 24.4. The second-order valence-electron chi connectivity index (χ2n) is 5.13. The molecule has 1 aromatic carbocycles. The van der Waals surface area contributed by atoms with Crippen molar-refractivity contribution in [3.63, 3.8) is 0 Å². The van der Waals surface area contributed by atoms with Gasteiger partial charge in [0.15, 0.2) is 0 Å². The van der Waals surface area contributed by atoms with E-state index in [2.05, 4.69) is 0 Å². The van der Waals surface area contributed by atoms with E-state index < -0.39 is 23.5 Å². The van der Waals surface area contributed by atoms with Gasteiger partial charge in [0.2, 0.25) is 0 Å². The maximum Gasteiger partial charge on any atom is 0.307 e. The predicted molar refractivity (Wildman–Crippen MR) is 66.6 cm³/mol. The molecule has 0 spiro atoms. The number of hydrogen-bond donors (Lipinski definition) is 1. The van der Waals surface area contributed by atoms with Gasteiger partial charge in [-0.25, -0.2) is 8.78 Å². The Morgan fingerprint density at radius 2 is 2.16 bits per heavy atom. The summed E-state index contributed by atoms with van der Waals surface area (Å²) in [6, 6.07) is 3.54. The van der Waals surface area contributed by atoms with Gasteiger partial charge in [-0.1, -0.05) is 0 Å². The van der Waals surface area contributed by atoms with Crippen LogP contribution in [0.1, 0.15) is 25.3 Å². The Labute approximate surface area is 110 Å². The zero-order valence-electron chi connectivity index (χ0n) is 10.8. The van der Waals surface area contributed by atoms with Gasteiger partial charge in [0, 0.05) is 24.7 Å². The van der Waals surface area contributed by atoms with E-state index in [0.29, 0.717) is 13.0 Å². The van der Waals surface area contributed by atoms with E-state index >= 15 is 0 Å². The summed E-state index contributed by atoms with van der Waals surface area (Å²) >= 11 is 0. The number of piperidine rings is 1. The van der Waals surface area contributed by atoms with Crippen molar-refractivity contribution in [3.05, 3.63) is 35.4 Å². The van der Waals surface area contributed by atoms with Crippen LogP contribution in [0.3, 0.4) is 0 Å². The highest BCUT2D eigenvalue weighted by Crippen LogP contribution is 2.24. The second-order valence-corrected chi connectivity index (χ2v) is 5.13. The third-order valence-corrected chi connectivity index (χ3v) is 3.74. The molecule has 0 saturated carbocycles. The van der Waals surface area contributed by atoms with Crippen LogP contribution in [0.5, 0.6) is 0 Å². The molecule has 1 aliphatic rings. The van der Waals surface area contributed by atoms with Crippen LogP contribution in [0.2, 0.25) is 0 Å². The molecule has 2 rings (SSSR count). The van der Waals surface area contributed by atoms with Gasteiger partial charge in [-0.05, 0) is 38.0 Å². The van der Waals surface area contributed by atoms with E-state index in [1.165, 1.54) is 6.07 Å². The molecule has 104 valence electrons. The standard InChI is InChI=1S/C14H17F2NO2/c1-9-2-3-10(14(18)19)7-17(9)8-11-6-12(15)4-5-13(11)16/h4-6,9-10H,2-3,7-8H2,1H3,(H,18,19). The van der Waals surface area contributed by atoms with E-state index in [-0.39, 0.29) is 18.2 Å². The third kappa shape index (κ3) is 3.29. The van der Waals surface area contributed by atoms with Crippen LogP contribution in [0, 0.1) is 17.6 Å². The maximum absolute atomic E-state index is 13.6. The SMILES string of the molecule is CC1CCC(C(=O)O)CN1Cc1cc(F)ccc1F. The lowest BCUT2D eigenvalue weighted by Crippen LogP contribution is -2.43. The first kappa shape index (κ1) is 13.9. The van der Waals surface area contributed by atoms with Crippen molar-refractivity contribution >= 4 is 5.97 Å². The molecular formula is C14H17F2NO2. The fourth-order valence-corrected chi connectivity index (χ4v) is 2.48. The molecule has 0 amide bonds. The van der Waals surface area contributed by atoms with Crippen LogP contribution in [0.4, 0.5) is 8.78 Å². The number of nitrogens with zero attached hydrogens (tertiary/aromatic N) is 1. The minimum absolute atomic E-state index is 0.179. The molecule has 0 radical (unpaired) electrons. The number of carbonyl (C=O) groups is 1. The summed E-state index contributed by atoms with van der Waals surface area (Å²) in [5.41, 5.74) is 0.276. The highest BCUT2D eigenvalue weighted by Gasteiger charge is 2.30. The first-order valence-corrected chi connectivity index (χ1v) is 6.38. The van der Waals surface area contributed by atoms with Crippen molar-refractivity contribution in [1.82, 2.24) is 4.90 Å². The molecule has 1 heterocycles. The molecular weight excluding hydrogens is 252 g/mol. The lowest BCUT2D eigenvalue weighted by Gasteiger charge is -2.36. The number of carboxylic acid groups (broad SMARTS) is 1. The van der Waals surface area contributed by atoms with Crippen LogP contribution in [0.25, 0.3) is 0 Å². The molecule has 5 heteroatoms. The molecule has 1 N–H and O–H groups in total. The van der Waals surface area contributed by atoms with Gasteiger partial charge in [-0.3, -0.25) is 9.69 Å². The minimum atomic E-state index is -0.823. The predicted octanol–water partition coefficient (Wildman–Crippen LogP) is 2.65. The zero-order chi connectivity index (χ0) is 14.0. The Balaban J connectivity index is 2.12. The van der Waals surface area contributed by atoms with Gasteiger partial charge in [0.1, 0.15) is 11.6 Å². The molecule has 19 heavy (non-hydrogen) atoms. The van der Waals surface area contributed by atoms with Gasteiger partial charge in [0.05, 0.1) is 5.92 Å². The Hall–Kier alpha value is -1.49. The van der Waals surface area contributed by atoms with Gasteiger partial charge in [-0.15, -0.1) is 0 Å². The zero-order valence-corrected chi connectivity index (χ0v) is 10.8.